The van der Waals surface area contributed by atoms with Crippen LogP contribution in [0, 0.1) is 17.0 Å². The molecule has 32 heteroatoms. The van der Waals surface area contributed by atoms with Crippen molar-refractivity contribution in [2.45, 2.75) is 28.5 Å². The Morgan fingerprint density at radius 3 is 2.06 bits per heavy atom. The number of H-pyrrole nitrogens is 1. The summed E-state index contributed by atoms with van der Waals surface area (Å²) in [6.07, 6.45) is 5.89. The van der Waals surface area contributed by atoms with Crippen molar-refractivity contribution in [1.82, 2.24) is 15.0 Å². The van der Waals surface area contributed by atoms with Gasteiger partial charge in [-0.1, -0.05) is 5.75 Å². The molecule has 4 N–H and O–H groups in total. The summed E-state index contributed by atoms with van der Waals surface area (Å²) in [6, 6.07) is 7.11. The van der Waals surface area contributed by atoms with E-state index in [1.54, 1.807) is 0 Å². The molecule has 0 spiro atoms. The number of aryl methyl sites for hydroxylation is 1. The molecule has 1 aliphatic carbocycles. The molecule has 0 fully saturated rings. The van der Waals surface area contributed by atoms with E-state index in [-0.39, 0.29) is 128 Å². The number of nitrogens with one attached hydrogen (secondary N) is 3. The minimum Gasteiger partial charge on any atom is -0.870 e. The molecule has 4 aromatic carbocycles. The number of nitro groups is 1. The molecule has 6 rings (SSSR count). The summed E-state index contributed by atoms with van der Waals surface area (Å²) < 4.78 is 113. The van der Waals surface area contributed by atoms with Gasteiger partial charge >= 0.3 is 88.7 Å². The Morgan fingerprint density at radius 2 is 1.48 bits per heavy atom. The number of hydrogen-bond acceptors (Lipinski definition) is 21. The molecule has 1 aromatic heterocycles. The second-order valence-corrected chi connectivity index (χ2v) is 17.3. The van der Waals surface area contributed by atoms with Gasteiger partial charge in [-0.15, -0.1) is 10.2 Å². The normalized spacial score (nSPS) is 12.8. The fourth-order valence-corrected chi connectivity index (χ4v) is 7.64. The maximum absolute atomic E-state index is 14.2. The zero-order chi connectivity index (χ0) is 46.9. The van der Waals surface area contributed by atoms with Gasteiger partial charge in [-0.05, 0) is 84.1 Å². The number of amides is 1. The average Bonchev–Trinajstić information content (AvgIpc) is 3.19. The van der Waals surface area contributed by atoms with Crippen molar-refractivity contribution >= 4 is 110 Å². The van der Waals surface area contributed by atoms with Crippen molar-refractivity contribution in [3.63, 3.8) is 0 Å². The number of halogens is 1. The Kier molecular flexibility index (Phi) is 19.4. The molecule has 0 bridgehead atoms. The van der Waals surface area contributed by atoms with E-state index in [0.29, 0.717) is 35.5 Å². The Hall–Kier alpha value is -4.34. The molecule has 332 valence electrons. The first-order valence-corrected chi connectivity index (χ1v) is 21.9. The van der Waals surface area contributed by atoms with E-state index in [4.69, 9.17) is 16.3 Å². The van der Waals surface area contributed by atoms with Crippen LogP contribution in [0.3, 0.4) is 0 Å². The zero-order valence-corrected chi connectivity index (χ0v) is 44.6. The number of nitro benzene ring substituents is 1. The van der Waals surface area contributed by atoms with E-state index in [1.807, 2.05) is 0 Å². The number of ether oxygens (including phenoxy) is 1. The summed E-state index contributed by atoms with van der Waals surface area (Å²) in [7, 11) is -14.7. The number of aromatic nitrogens is 3. The first-order chi connectivity index (χ1) is 29.9. The predicted octanol–water partition coefficient (Wildman–Crippen LogP) is -4.75. The van der Waals surface area contributed by atoms with Crippen LogP contribution in [0.1, 0.15) is 12.5 Å². The number of aromatic amines is 1. The Bertz CT molecular complexity index is 3410. The second kappa shape index (κ2) is 22.8. The summed E-state index contributed by atoms with van der Waals surface area (Å²) >= 11 is 6.16. The van der Waals surface area contributed by atoms with Crippen LogP contribution in [0.2, 0.25) is 5.28 Å². The summed E-state index contributed by atoms with van der Waals surface area (Å²) in [6.45, 7) is 2.76. The largest absolute Gasteiger partial charge is 1.00 e. The summed E-state index contributed by atoms with van der Waals surface area (Å²) in [5, 5.41) is 31.6. The topological polar surface area (TPSA) is 389 Å². The molecule has 1 amide bonds. The third kappa shape index (κ3) is 14.1. The first-order valence-electron chi connectivity index (χ1n) is 17.3. The number of carbonyl (C=O) groups is 1. The third-order valence-corrected chi connectivity index (χ3v) is 11.2. The van der Waals surface area contributed by atoms with Gasteiger partial charge in [-0.3, -0.25) is 29.9 Å². The SMILES string of the molecule is COc1cc(NNc2ccc([N+](=O)[O-])cc2S(=O)(=O)O)c(C)cc1N=Nc1c(S(=O)(=O)[O-])cc2cc(S(=O)(=O)[O-])cc(N=c3nc(N=C4C=CC(=NC(C)=O)C=C4)nc(Cl)[nH]3)c2c1[O-].[Na+].[Na+].[Na+]. The maximum Gasteiger partial charge on any atom is 1.00 e. The van der Waals surface area contributed by atoms with Gasteiger partial charge in [0.2, 0.25) is 16.8 Å². The Morgan fingerprint density at radius 1 is 0.836 bits per heavy atom. The van der Waals surface area contributed by atoms with E-state index in [1.165, 1.54) is 57.4 Å². The minimum atomic E-state index is -5.60. The molecule has 67 heavy (non-hydrogen) atoms. The van der Waals surface area contributed by atoms with Crippen LogP contribution in [0.5, 0.6) is 11.5 Å². The molecule has 5 aromatic rings. The van der Waals surface area contributed by atoms with Gasteiger partial charge in [0.25, 0.3) is 21.8 Å². The van der Waals surface area contributed by atoms with Crippen LogP contribution in [-0.4, -0.2) is 83.2 Å². The number of aliphatic imine (C=N–C) groups is 2. The van der Waals surface area contributed by atoms with Gasteiger partial charge in [-0.2, -0.15) is 18.4 Å². The summed E-state index contributed by atoms with van der Waals surface area (Å²) in [5.41, 5.74) is 3.00. The molecule has 0 saturated heterocycles. The summed E-state index contributed by atoms with van der Waals surface area (Å²) in [4.78, 5) is 41.2. The van der Waals surface area contributed by atoms with Gasteiger partial charge in [-0.25, -0.2) is 31.8 Å². The number of allylic oxidation sites excluding steroid dienone is 4. The summed E-state index contributed by atoms with van der Waals surface area (Å²) in [5.74, 6) is -2.20. The fraction of sp³-hybridized carbons (Fsp3) is 0.0857. The van der Waals surface area contributed by atoms with Gasteiger partial charge in [0.15, 0.2) is 0 Å². The van der Waals surface area contributed by atoms with Crippen molar-refractivity contribution in [2.24, 2.45) is 25.2 Å². The molecule has 0 aliphatic heterocycles. The van der Waals surface area contributed by atoms with E-state index < -0.39 is 95.1 Å². The number of nitrogens with zero attached hydrogens (tertiary/aromatic N) is 8. The number of hydrogen-bond donors (Lipinski definition) is 4. The van der Waals surface area contributed by atoms with Crippen molar-refractivity contribution in [2.75, 3.05) is 18.0 Å². The second-order valence-electron chi connectivity index (χ2n) is 12.8. The molecule has 1 aliphatic rings. The molecule has 1 heterocycles. The molecule has 0 atom stereocenters. The molecule has 0 saturated carbocycles. The van der Waals surface area contributed by atoms with E-state index >= 15 is 0 Å². The third-order valence-electron chi connectivity index (χ3n) is 8.42. The Balaban J connectivity index is 0.00000397. The van der Waals surface area contributed by atoms with Gasteiger partial charge in [0, 0.05) is 30.5 Å². The smallest absolute Gasteiger partial charge is 0.870 e. The van der Waals surface area contributed by atoms with Crippen LogP contribution >= 0.6 is 11.6 Å². The van der Waals surface area contributed by atoms with Crippen LogP contribution in [-0.2, 0) is 35.1 Å². The van der Waals surface area contributed by atoms with Crippen molar-refractivity contribution in [3.05, 3.63) is 99.4 Å². The van der Waals surface area contributed by atoms with Crippen LogP contribution < -0.4 is 115 Å². The number of non-ortho nitro benzene ring substituents is 1. The van der Waals surface area contributed by atoms with Crippen LogP contribution in [0.15, 0.2) is 113 Å². The number of carbonyl (C=O) groups excluding carboxylic acids is 1. The number of azo groups is 1. The number of rotatable bonds is 12. The molecular weight excluding hydrogens is 999 g/mol. The van der Waals surface area contributed by atoms with Gasteiger partial charge in [0.05, 0.1) is 56.0 Å². The van der Waals surface area contributed by atoms with E-state index in [2.05, 4.69) is 51.0 Å². The quantitative estimate of drug-likeness (QED) is 0.0228. The van der Waals surface area contributed by atoms with Crippen molar-refractivity contribution < 1.29 is 147 Å². The molecule has 0 radical (unpaired) electrons. The monoisotopic (exact) mass is 1020 g/mol. The minimum absolute atomic E-state index is 0. The van der Waals surface area contributed by atoms with Crippen LogP contribution in [0.25, 0.3) is 10.8 Å². The van der Waals surface area contributed by atoms with Crippen molar-refractivity contribution in [3.8, 4) is 11.5 Å². The standard InChI is InChI=1S/C35H28ClN11O14S3.3Na/c1-16-10-25(27(61-3)15-24(16)44-43-23-9-8-21(47(50)51)13-28(23)63(55,56)57)45-46-31-29(64(58,59)60)12-18-11-22(62(52,53)54)14-26(30(18)32(31)49)39-35-41-33(36)40-34(42-35)38-20-6-4-19(5-7-20)37-17(2)48;;;/h4-15,43-44,49H,1-3H3,(H,52,53,54)(H,55,56,57)(H,58,59,60)(H,39,40,41,42);;;/q;3*+1/p-3. The number of anilines is 2. The Labute approximate surface area is 450 Å². The zero-order valence-electron chi connectivity index (χ0n) is 35.4. The van der Waals surface area contributed by atoms with E-state index in [9.17, 15) is 58.9 Å². The molecule has 25 nitrogen and oxygen atoms in total. The van der Waals surface area contributed by atoms with E-state index in [0.717, 1.165) is 12.1 Å². The molecule has 0 unspecified atom stereocenters. The number of fused-ring (bicyclic) bond motifs is 1. The molecular formula is C35H25ClN11Na3O14S3. The number of hydrazine groups is 1. The van der Waals surface area contributed by atoms with Crippen LogP contribution in [0.4, 0.5) is 40.1 Å². The first kappa shape index (κ1) is 57.0. The number of benzene rings is 4. The maximum atomic E-state index is 14.2. The fourth-order valence-electron chi connectivity index (χ4n) is 5.64. The van der Waals surface area contributed by atoms with Crippen molar-refractivity contribution in [1.29, 1.82) is 0 Å². The van der Waals surface area contributed by atoms with Gasteiger partial charge < -0.3 is 24.4 Å². The number of methoxy groups -OCH3 is 1. The van der Waals surface area contributed by atoms with Gasteiger partial charge in [0.1, 0.15) is 36.6 Å². The average molecular weight is 1020 g/mol. The predicted molar refractivity (Wildman–Crippen MR) is 221 cm³/mol.